The van der Waals surface area contributed by atoms with E-state index in [1.54, 1.807) is 12.1 Å². The third-order valence-electron chi connectivity index (χ3n) is 7.90. The highest BCUT2D eigenvalue weighted by molar-refractivity contribution is 5.55. The van der Waals surface area contributed by atoms with Gasteiger partial charge in [0.1, 0.15) is 40.2 Å². The first-order valence-electron chi connectivity index (χ1n) is 14.3. The van der Waals surface area contributed by atoms with Crippen LogP contribution in [0.3, 0.4) is 0 Å². The molecule has 5 aromatic carbocycles. The summed E-state index contributed by atoms with van der Waals surface area (Å²) in [7, 11) is 0. The van der Waals surface area contributed by atoms with Gasteiger partial charge in [-0.1, -0.05) is 65.2 Å². The Bertz CT molecular complexity index is 1740. The maximum Gasteiger partial charge on any atom is 0.122 e. The van der Waals surface area contributed by atoms with E-state index in [1.165, 1.54) is 24.3 Å². The van der Waals surface area contributed by atoms with Gasteiger partial charge in [0.25, 0.3) is 0 Å². The van der Waals surface area contributed by atoms with Gasteiger partial charge in [-0.2, -0.15) is 0 Å². The van der Waals surface area contributed by atoms with Crippen LogP contribution in [-0.4, -0.2) is 35.7 Å². The maximum atomic E-state index is 11.4. The van der Waals surface area contributed by atoms with Crippen LogP contribution in [0.25, 0.3) is 0 Å². The first kappa shape index (κ1) is 30.2. The van der Waals surface area contributed by atoms with Gasteiger partial charge in [0.05, 0.1) is 0 Å². The molecule has 0 radical (unpaired) electrons. The Morgan fingerprint density at radius 3 is 0.841 bits per heavy atom. The standard InChI is InChI=1S/C37H36O7/c1-20-8-25(14-23-4-6-31(38)18-33(23)40)35(42)27(10-20)16-29-12-22(3)13-30(37(29)44)17-28-11-21(2)9-26(36(28)43)15-24-5-7-32(39)19-34(24)41/h4-13,18-19,38-44H,14-17H2,1-3H3. The molecule has 7 N–H and O–H groups in total. The first-order chi connectivity index (χ1) is 20.9. The molecule has 0 aromatic heterocycles. The fraction of sp³-hybridized carbons (Fsp3) is 0.189. The minimum Gasteiger partial charge on any atom is -0.508 e. The molecule has 226 valence electrons. The first-order valence-corrected chi connectivity index (χ1v) is 14.3. The molecule has 7 heteroatoms. The molecule has 0 saturated carbocycles. The smallest absolute Gasteiger partial charge is 0.122 e. The Labute approximate surface area is 256 Å². The zero-order chi connectivity index (χ0) is 31.7. The van der Waals surface area contributed by atoms with Crippen molar-refractivity contribution in [1.29, 1.82) is 0 Å². The van der Waals surface area contributed by atoms with E-state index in [0.717, 1.165) is 16.7 Å². The summed E-state index contributed by atoms with van der Waals surface area (Å²) in [6.45, 7) is 5.76. The van der Waals surface area contributed by atoms with E-state index in [4.69, 9.17) is 0 Å². The summed E-state index contributed by atoms with van der Waals surface area (Å²) in [6, 6.07) is 19.9. The molecule has 5 rings (SSSR count). The Hall–Kier alpha value is -5.30. The van der Waals surface area contributed by atoms with Crippen LogP contribution in [0.1, 0.15) is 61.2 Å². The average molecular weight is 593 g/mol. The van der Waals surface area contributed by atoms with Crippen molar-refractivity contribution in [1.82, 2.24) is 0 Å². The van der Waals surface area contributed by atoms with Crippen molar-refractivity contribution >= 4 is 0 Å². The maximum absolute atomic E-state index is 11.4. The lowest BCUT2D eigenvalue weighted by Crippen LogP contribution is -2.00. The predicted molar refractivity (Wildman–Crippen MR) is 169 cm³/mol. The molecule has 0 unspecified atom stereocenters. The molecule has 0 aliphatic heterocycles. The van der Waals surface area contributed by atoms with Crippen molar-refractivity contribution in [3.05, 3.63) is 134 Å². The Kier molecular flexibility index (Phi) is 8.32. The Morgan fingerprint density at radius 2 is 0.591 bits per heavy atom. The molecule has 0 fully saturated rings. The SMILES string of the molecule is Cc1cc(Cc2ccc(O)cc2O)c(O)c(Cc2cc(C)cc(Cc3cc(C)cc(Cc4ccc(O)cc4O)c3O)c2O)c1. The fourth-order valence-corrected chi connectivity index (χ4v) is 5.84. The van der Waals surface area contributed by atoms with Gasteiger partial charge in [0.15, 0.2) is 0 Å². The van der Waals surface area contributed by atoms with Crippen molar-refractivity contribution in [2.45, 2.75) is 46.5 Å². The van der Waals surface area contributed by atoms with Gasteiger partial charge in [0, 0.05) is 37.8 Å². The largest absolute Gasteiger partial charge is 0.508 e. The summed E-state index contributed by atoms with van der Waals surface area (Å²) in [6.07, 6.45) is 1.03. The summed E-state index contributed by atoms with van der Waals surface area (Å²) in [5, 5.41) is 73.7. The van der Waals surface area contributed by atoms with Gasteiger partial charge in [-0.05, 0) is 77.4 Å². The van der Waals surface area contributed by atoms with E-state index >= 15 is 0 Å². The quantitative estimate of drug-likeness (QED) is 0.104. The van der Waals surface area contributed by atoms with Gasteiger partial charge in [-0.25, -0.2) is 0 Å². The van der Waals surface area contributed by atoms with E-state index in [-0.39, 0.29) is 65.9 Å². The number of benzene rings is 5. The second-order valence-electron chi connectivity index (χ2n) is 11.6. The molecular formula is C37H36O7. The van der Waals surface area contributed by atoms with E-state index < -0.39 is 0 Å². The second kappa shape index (κ2) is 12.1. The molecule has 0 aliphatic carbocycles. The molecule has 0 saturated heterocycles. The number of rotatable bonds is 8. The minimum atomic E-state index is -0.0594. The number of aryl methyl sites for hydroxylation is 3. The Balaban J connectivity index is 1.45. The van der Waals surface area contributed by atoms with Crippen LogP contribution in [0.15, 0.2) is 72.8 Å². The summed E-state index contributed by atoms with van der Waals surface area (Å²) < 4.78 is 0. The van der Waals surface area contributed by atoms with Crippen molar-refractivity contribution in [3.8, 4) is 40.2 Å². The molecule has 0 spiro atoms. The van der Waals surface area contributed by atoms with E-state index in [9.17, 15) is 35.7 Å². The lowest BCUT2D eigenvalue weighted by molar-refractivity contribution is 0.444. The third-order valence-corrected chi connectivity index (χ3v) is 7.90. The zero-order valence-electron chi connectivity index (χ0n) is 24.9. The highest BCUT2D eigenvalue weighted by Crippen LogP contribution is 2.37. The predicted octanol–water partition coefficient (Wildman–Crippen LogP) is 6.91. The van der Waals surface area contributed by atoms with Gasteiger partial charge >= 0.3 is 0 Å². The van der Waals surface area contributed by atoms with Crippen LogP contribution in [0.2, 0.25) is 0 Å². The molecule has 0 bridgehead atoms. The van der Waals surface area contributed by atoms with Crippen LogP contribution in [0.5, 0.6) is 40.2 Å². The van der Waals surface area contributed by atoms with E-state index in [2.05, 4.69) is 0 Å². The molecule has 0 aliphatic rings. The van der Waals surface area contributed by atoms with Crippen LogP contribution in [0, 0.1) is 20.8 Å². The number of aromatic hydroxyl groups is 7. The van der Waals surface area contributed by atoms with Gasteiger partial charge in [-0.3, -0.25) is 0 Å². The molecule has 44 heavy (non-hydrogen) atoms. The van der Waals surface area contributed by atoms with Gasteiger partial charge < -0.3 is 35.7 Å². The van der Waals surface area contributed by atoms with Crippen molar-refractivity contribution < 1.29 is 35.7 Å². The summed E-state index contributed by atoms with van der Waals surface area (Å²) in [5.41, 5.74) is 7.60. The van der Waals surface area contributed by atoms with Crippen LogP contribution >= 0.6 is 0 Å². The van der Waals surface area contributed by atoms with Crippen molar-refractivity contribution in [3.63, 3.8) is 0 Å². The van der Waals surface area contributed by atoms with Crippen LogP contribution < -0.4 is 0 Å². The highest BCUT2D eigenvalue weighted by Gasteiger charge is 2.18. The summed E-state index contributed by atoms with van der Waals surface area (Å²) in [4.78, 5) is 0. The summed E-state index contributed by atoms with van der Waals surface area (Å²) >= 11 is 0. The van der Waals surface area contributed by atoms with Crippen molar-refractivity contribution in [2.75, 3.05) is 0 Å². The zero-order valence-corrected chi connectivity index (χ0v) is 24.9. The number of hydrogen-bond acceptors (Lipinski definition) is 7. The number of phenolic OH excluding ortho intramolecular Hbond substituents is 7. The van der Waals surface area contributed by atoms with Crippen LogP contribution in [-0.2, 0) is 25.7 Å². The molecule has 0 atom stereocenters. The van der Waals surface area contributed by atoms with E-state index in [0.29, 0.717) is 44.5 Å². The van der Waals surface area contributed by atoms with Crippen LogP contribution in [0.4, 0.5) is 0 Å². The molecule has 0 amide bonds. The summed E-state index contributed by atoms with van der Waals surface area (Å²) in [5.74, 6) is 0.0171. The average Bonchev–Trinajstić information content (AvgIpc) is 2.94. The minimum absolute atomic E-state index is 0.0435. The lowest BCUT2D eigenvalue weighted by atomic mass is 9.91. The third kappa shape index (κ3) is 6.52. The molecular weight excluding hydrogens is 556 g/mol. The van der Waals surface area contributed by atoms with Crippen molar-refractivity contribution in [2.24, 2.45) is 0 Å². The monoisotopic (exact) mass is 592 g/mol. The second-order valence-corrected chi connectivity index (χ2v) is 11.6. The number of hydrogen-bond donors (Lipinski definition) is 7. The highest BCUT2D eigenvalue weighted by atomic mass is 16.3. The van der Waals surface area contributed by atoms with Gasteiger partial charge in [-0.15, -0.1) is 0 Å². The topological polar surface area (TPSA) is 142 Å². The number of phenols is 7. The normalized spacial score (nSPS) is 11.2. The molecule has 7 nitrogen and oxygen atoms in total. The fourth-order valence-electron chi connectivity index (χ4n) is 5.84. The lowest BCUT2D eigenvalue weighted by Gasteiger charge is -2.17. The molecule has 5 aromatic rings. The van der Waals surface area contributed by atoms with E-state index in [1.807, 2.05) is 57.2 Å². The van der Waals surface area contributed by atoms with Gasteiger partial charge in [0.2, 0.25) is 0 Å². The Morgan fingerprint density at radius 1 is 0.341 bits per heavy atom. The molecule has 0 heterocycles.